The minimum Gasteiger partial charge on any atom is -0.497 e. The Kier molecular flexibility index (Phi) is 6.46. The first-order valence-corrected chi connectivity index (χ1v) is 8.01. The molecule has 2 unspecified atom stereocenters. The number of methoxy groups -OCH3 is 1. The predicted molar refractivity (Wildman–Crippen MR) is 95.6 cm³/mol. The van der Waals surface area contributed by atoms with Crippen molar-refractivity contribution in [3.8, 4) is 5.75 Å². The number of halogens is 1. The minimum atomic E-state index is -0.633. The summed E-state index contributed by atoms with van der Waals surface area (Å²) in [6.07, 6.45) is -0.223. The highest BCUT2D eigenvalue weighted by molar-refractivity contribution is 6.33. The molecule has 2 rings (SSSR count). The van der Waals surface area contributed by atoms with Gasteiger partial charge in [0.25, 0.3) is 0 Å². The summed E-state index contributed by atoms with van der Waals surface area (Å²) in [4.78, 5) is 12.1. The van der Waals surface area contributed by atoms with E-state index in [0.29, 0.717) is 22.9 Å². The second kappa shape index (κ2) is 8.57. The smallest absolute Gasteiger partial charge is 0.319 e. The van der Waals surface area contributed by atoms with Crippen molar-refractivity contribution in [3.05, 3.63) is 59.1 Å². The Bertz CT molecular complexity index is 679. The monoisotopic (exact) mass is 348 g/mol. The zero-order valence-corrected chi connectivity index (χ0v) is 14.4. The van der Waals surface area contributed by atoms with E-state index in [0.717, 1.165) is 5.56 Å². The fourth-order valence-electron chi connectivity index (χ4n) is 2.31. The third-order valence-corrected chi connectivity index (χ3v) is 3.88. The van der Waals surface area contributed by atoms with Crippen LogP contribution in [0.3, 0.4) is 0 Å². The van der Waals surface area contributed by atoms with Crippen LogP contribution in [0.15, 0.2) is 48.5 Å². The molecule has 0 aromatic heterocycles. The Morgan fingerprint density at radius 3 is 2.58 bits per heavy atom. The van der Waals surface area contributed by atoms with Gasteiger partial charge in [-0.1, -0.05) is 41.9 Å². The summed E-state index contributed by atoms with van der Waals surface area (Å²) in [5.74, 6) is 0.616. The van der Waals surface area contributed by atoms with Gasteiger partial charge in [-0.2, -0.15) is 0 Å². The van der Waals surface area contributed by atoms with E-state index in [4.69, 9.17) is 16.3 Å². The number of anilines is 1. The molecule has 2 aromatic carbocycles. The molecule has 2 amide bonds. The van der Waals surface area contributed by atoms with E-state index < -0.39 is 6.10 Å². The molecule has 0 saturated heterocycles. The predicted octanol–water partition coefficient (Wildman–Crippen LogP) is 3.98. The van der Waals surface area contributed by atoms with Gasteiger partial charge in [0.15, 0.2) is 0 Å². The van der Waals surface area contributed by atoms with E-state index in [1.165, 1.54) is 0 Å². The van der Waals surface area contributed by atoms with Crippen LogP contribution in [0.4, 0.5) is 10.5 Å². The summed E-state index contributed by atoms with van der Waals surface area (Å²) >= 11 is 6.09. The summed E-state index contributed by atoms with van der Waals surface area (Å²) in [5.41, 5.74) is 1.32. The molecule has 0 radical (unpaired) electrons. The van der Waals surface area contributed by atoms with Gasteiger partial charge in [0, 0.05) is 12.1 Å². The molecule has 0 saturated carbocycles. The van der Waals surface area contributed by atoms with Gasteiger partial charge in [-0.3, -0.25) is 0 Å². The topological polar surface area (TPSA) is 70.6 Å². The lowest BCUT2D eigenvalue weighted by atomic mass is 10.0. The number of urea groups is 1. The average molecular weight is 349 g/mol. The lowest BCUT2D eigenvalue weighted by molar-refractivity contribution is 0.155. The van der Waals surface area contributed by atoms with E-state index in [-0.39, 0.29) is 12.1 Å². The van der Waals surface area contributed by atoms with Crippen molar-refractivity contribution < 1.29 is 14.6 Å². The first kappa shape index (κ1) is 18.1. The SMILES string of the molecule is COc1ccc(NC(=O)NC(C)CC(O)c2ccccc2)c(Cl)c1. The molecule has 0 aliphatic carbocycles. The zero-order chi connectivity index (χ0) is 17.5. The second-order valence-corrected chi connectivity index (χ2v) is 5.91. The van der Waals surface area contributed by atoms with Crippen molar-refractivity contribution in [2.24, 2.45) is 0 Å². The zero-order valence-electron chi connectivity index (χ0n) is 13.6. The fourth-order valence-corrected chi connectivity index (χ4v) is 2.53. The van der Waals surface area contributed by atoms with Crippen LogP contribution in [-0.2, 0) is 0 Å². The molecule has 128 valence electrons. The second-order valence-electron chi connectivity index (χ2n) is 5.51. The largest absolute Gasteiger partial charge is 0.497 e. The van der Waals surface area contributed by atoms with Crippen molar-refractivity contribution in [3.63, 3.8) is 0 Å². The third kappa shape index (κ3) is 5.15. The number of carbonyl (C=O) groups is 1. The molecular weight excluding hydrogens is 328 g/mol. The van der Waals surface area contributed by atoms with E-state index in [2.05, 4.69) is 10.6 Å². The number of amides is 2. The van der Waals surface area contributed by atoms with Crippen LogP contribution in [0.25, 0.3) is 0 Å². The molecule has 0 bridgehead atoms. The lowest BCUT2D eigenvalue weighted by Gasteiger charge is -2.19. The molecule has 5 nitrogen and oxygen atoms in total. The number of nitrogens with one attached hydrogen (secondary N) is 2. The molecule has 0 fully saturated rings. The third-order valence-electron chi connectivity index (χ3n) is 3.56. The maximum Gasteiger partial charge on any atom is 0.319 e. The number of benzene rings is 2. The van der Waals surface area contributed by atoms with Crippen LogP contribution >= 0.6 is 11.6 Å². The highest BCUT2D eigenvalue weighted by Crippen LogP contribution is 2.26. The highest BCUT2D eigenvalue weighted by Gasteiger charge is 2.15. The van der Waals surface area contributed by atoms with Gasteiger partial charge in [0.1, 0.15) is 5.75 Å². The Morgan fingerprint density at radius 1 is 1.25 bits per heavy atom. The van der Waals surface area contributed by atoms with Crippen LogP contribution < -0.4 is 15.4 Å². The summed E-state index contributed by atoms with van der Waals surface area (Å²) in [6, 6.07) is 13.8. The lowest BCUT2D eigenvalue weighted by Crippen LogP contribution is -2.37. The van der Waals surface area contributed by atoms with Crippen molar-refractivity contribution >= 4 is 23.3 Å². The van der Waals surface area contributed by atoms with Gasteiger partial charge >= 0.3 is 6.03 Å². The first-order chi connectivity index (χ1) is 11.5. The Labute approximate surface area is 146 Å². The maximum atomic E-state index is 12.1. The van der Waals surface area contributed by atoms with Crippen molar-refractivity contribution in [1.29, 1.82) is 0 Å². The molecule has 0 heterocycles. The molecule has 0 aliphatic heterocycles. The van der Waals surface area contributed by atoms with Crippen molar-refractivity contribution in [2.75, 3.05) is 12.4 Å². The van der Waals surface area contributed by atoms with Gasteiger partial charge in [0.05, 0.1) is 23.9 Å². The van der Waals surface area contributed by atoms with Crippen LogP contribution in [0.5, 0.6) is 5.75 Å². The summed E-state index contributed by atoms with van der Waals surface area (Å²) in [5, 5.41) is 16.1. The van der Waals surface area contributed by atoms with E-state index in [1.807, 2.05) is 37.3 Å². The van der Waals surface area contributed by atoms with Crippen LogP contribution in [0.1, 0.15) is 25.0 Å². The van der Waals surface area contributed by atoms with Crippen molar-refractivity contribution in [2.45, 2.75) is 25.5 Å². The van der Waals surface area contributed by atoms with Gasteiger partial charge < -0.3 is 20.5 Å². The molecule has 3 N–H and O–H groups in total. The van der Waals surface area contributed by atoms with Gasteiger partial charge in [0.2, 0.25) is 0 Å². The molecule has 6 heteroatoms. The number of hydrogen-bond donors (Lipinski definition) is 3. The highest BCUT2D eigenvalue weighted by atomic mass is 35.5. The number of hydrogen-bond acceptors (Lipinski definition) is 3. The fraction of sp³-hybridized carbons (Fsp3) is 0.278. The average Bonchev–Trinajstić information content (AvgIpc) is 2.57. The molecule has 0 aliphatic rings. The number of carbonyl (C=O) groups excluding carboxylic acids is 1. The van der Waals surface area contributed by atoms with E-state index in [1.54, 1.807) is 25.3 Å². The maximum absolute atomic E-state index is 12.1. The first-order valence-electron chi connectivity index (χ1n) is 7.63. The Hall–Kier alpha value is -2.24. The standard InChI is InChI=1S/C18H21ClN2O3/c1-12(10-17(22)13-6-4-3-5-7-13)20-18(23)21-16-9-8-14(24-2)11-15(16)19/h3-9,11-12,17,22H,10H2,1-2H3,(H2,20,21,23). The summed E-state index contributed by atoms with van der Waals surface area (Å²) in [6.45, 7) is 1.83. The van der Waals surface area contributed by atoms with Crippen LogP contribution in [0, 0.1) is 0 Å². The van der Waals surface area contributed by atoms with Crippen LogP contribution in [-0.4, -0.2) is 24.3 Å². The van der Waals surface area contributed by atoms with Gasteiger partial charge in [-0.05, 0) is 31.0 Å². The quantitative estimate of drug-likeness (QED) is 0.739. The van der Waals surface area contributed by atoms with Gasteiger partial charge in [-0.25, -0.2) is 4.79 Å². The number of aliphatic hydroxyl groups excluding tert-OH is 1. The number of rotatable bonds is 6. The molecular formula is C18H21ClN2O3. The molecule has 24 heavy (non-hydrogen) atoms. The van der Waals surface area contributed by atoms with Gasteiger partial charge in [-0.15, -0.1) is 0 Å². The normalized spacial score (nSPS) is 13.0. The molecule has 2 aromatic rings. The minimum absolute atomic E-state index is 0.211. The number of ether oxygens (including phenoxy) is 1. The summed E-state index contributed by atoms with van der Waals surface area (Å²) in [7, 11) is 1.55. The summed E-state index contributed by atoms with van der Waals surface area (Å²) < 4.78 is 5.06. The molecule has 0 spiro atoms. The molecule has 2 atom stereocenters. The van der Waals surface area contributed by atoms with E-state index in [9.17, 15) is 9.90 Å². The van der Waals surface area contributed by atoms with Crippen molar-refractivity contribution in [1.82, 2.24) is 5.32 Å². The Morgan fingerprint density at radius 2 is 1.96 bits per heavy atom. The Balaban J connectivity index is 1.87. The van der Waals surface area contributed by atoms with Crippen LogP contribution in [0.2, 0.25) is 5.02 Å². The number of aliphatic hydroxyl groups is 1. The van der Waals surface area contributed by atoms with E-state index >= 15 is 0 Å².